The molecule has 1 saturated heterocycles. The van der Waals surface area contributed by atoms with Crippen molar-refractivity contribution in [2.24, 2.45) is 0 Å². The van der Waals surface area contributed by atoms with Gasteiger partial charge in [0.15, 0.2) is 0 Å². The highest BCUT2D eigenvalue weighted by atomic mass is 35.5. The van der Waals surface area contributed by atoms with E-state index in [0.717, 1.165) is 42.3 Å². The summed E-state index contributed by atoms with van der Waals surface area (Å²) >= 11 is 7.60. The second-order valence-corrected chi connectivity index (χ2v) is 8.55. The summed E-state index contributed by atoms with van der Waals surface area (Å²) in [7, 11) is 2.15. The molecule has 0 atom stereocenters. The number of likely N-dealkylation sites (N-methyl/N-ethyl adjacent to an activating group) is 1. The number of benzene rings is 2. The first kappa shape index (κ1) is 19.9. The Kier molecular flexibility index (Phi) is 6.13. The van der Waals surface area contributed by atoms with E-state index in [0.29, 0.717) is 16.4 Å². The van der Waals surface area contributed by atoms with Crippen molar-refractivity contribution in [1.29, 1.82) is 0 Å². The molecule has 2 aromatic carbocycles. The molecule has 0 radical (unpaired) electrons. The van der Waals surface area contributed by atoms with Crippen LogP contribution in [0.3, 0.4) is 0 Å². The van der Waals surface area contributed by atoms with Crippen LogP contribution in [0.1, 0.15) is 15.2 Å². The molecule has 1 N–H and O–H groups in total. The first-order valence-electron chi connectivity index (χ1n) is 9.62. The van der Waals surface area contributed by atoms with Gasteiger partial charge in [0.1, 0.15) is 9.88 Å². The number of hydrogen-bond donors (Lipinski definition) is 1. The van der Waals surface area contributed by atoms with Gasteiger partial charge in [-0.1, -0.05) is 48.0 Å². The van der Waals surface area contributed by atoms with Gasteiger partial charge in [-0.25, -0.2) is 4.98 Å². The molecule has 1 aliphatic heterocycles. The van der Waals surface area contributed by atoms with E-state index in [9.17, 15) is 4.79 Å². The Morgan fingerprint density at radius 1 is 1.10 bits per heavy atom. The number of piperazine rings is 1. The van der Waals surface area contributed by atoms with Crippen LogP contribution in [0.2, 0.25) is 5.02 Å². The number of rotatable bonds is 5. The first-order chi connectivity index (χ1) is 14.1. The SMILES string of the molecule is CN1CCN(c2ccccc2CNC(=O)c2cnc(-c3ccccc3Cl)s2)CC1. The number of amides is 1. The molecular weight excluding hydrogens is 404 g/mol. The molecular formula is C22H23ClN4OS. The van der Waals surface area contributed by atoms with Crippen LogP contribution in [0.25, 0.3) is 10.6 Å². The summed E-state index contributed by atoms with van der Waals surface area (Å²) < 4.78 is 0. The summed E-state index contributed by atoms with van der Waals surface area (Å²) in [6.45, 7) is 4.58. The third kappa shape index (κ3) is 4.61. The Balaban J connectivity index is 1.44. The molecule has 0 saturated carbocycles. The van der Waals surface area contributed by atoms with Gasteiger partial charge in [0.25, 0.3) is 5.91 Å². The lowest BCUT2D eigenvalue weighted by Gasteiger charge is -2.35. The zero-order chi connectivity index (χ0) is 20.2. The van der Waals surface area contributed by atoms with E-state index in [4.69, 9.17) is 11.6 Å². The minimum atomic E-state index is -0.117. The van der Waals surface area contributed by atoms with Crippen LogP contribution >= 0.6 is 22.9 Å². The molecule has 1 amide bonds. The number of hydrogen-bond acceptors (Lipinski definition) is 5. The molecule has 2 heterocycles. The van der Waals surface area contributed by atoms with Crippen LogP contribution in [0, 0.1) is 0 Å². The monoisotopic (exact) mass is 426 g/mol. The predicted molar refractivity (Wildman–Crippen MR) is 120 cm³/mol. The van der Waals surface area contributed by atoms with Gasteiger partial charge in [-0.3, -0.25) is 4.79 Å². The van der Waals surface area contributed by atoms with Crippen molar-refractivity contribution in [3.63, 3.8) is 0 Å². The van der Waals surface area contributed by atoms with Crippen LogP contribution in [0.4, 0.5) is 5.69 Å². The van der Waals surface area contributed by atoms with E-state index >= 15 is 0 Å². The Morgan fingerprint density at radius 2 is 1.83 bits per heavy atom. The molecule has 1 fully saturated rings. The van der Waals surface area contributed by atoms with E-state index < -0.39 is 0 Å². The largest absolute Gasteiger partial charge is 0.369 e. The molecule has 150 valence electrons. The number of aromatic nitrogens is 1. The summed E-state index contributed by atoms with van der Waals surface area (Å²) in [5.74, 6) is -0.117. The zero-order valence-corrected chi connectivity index (χ0v) is 17.8. The quantitative estimate of drug-likeness (QED) is 0.666. The van der Waals surface area contributed by atoms with Crippen molar-refractivity contribution >= 4 is 34.5 Å². The molecule has 0 aliphatic carbocycles. The van der Waals surface area contributed by atoms with Crippen molar-refractivity contribution in [2.45, 2.75) is 6.54 Å². The Hall–Kier alpha value is -2.41. The topological polar surface area (TPSA) is 48.5 Å². The fraction of sp³-hybridized carbons (Fsp3) is 0.273. The number of halogens is 1. The van der Waals surface area contributed by atoms with Crippen molar-refractivity contribution in [1.82, 2.24) is 15.2 Å². The Morgan fingerprint density at radius 3 is 2.62 bits per heavy atom. The number of carbonyl (C=O) groups is 1. The molecule has 0 unspecified atom stereocenters. The number of thiazole rings is 1. The Bertz CT molecular complexity index is 998. The first-order valence-corrected chi connectivity index (χ1v) is 10.8. The second kappa shape index (κ2) is 8.95. The maximum atomic E-state index is 12.7. The number of anilines is 1. The van der Waals surface area contributed by atoms with Gasteiger partial charge in [-0.2, -0.15) is 0 Å². The molecule has 3 aromatic rings. The lowest BCUT2D eigenvalue weighted by atomic mass is 10.1. The van der Waals surface area contributed by atoms with Gasteiger partial charge in [0.2, 0.25) is 0 Å². The summed E-state index contributed by atoms with van der Waals surface area (Å²) in [5, 5.41) is 4.43. The van der Waals surface area contributed by atoms with Crippen molar-refractivity contribution in [2.75, 3.05) is 38.1 Å². The van der Waals surface area contributed by atoms with Gasteiger partial charge < -0.3 is 15.1 Å². The third-order valence-corrected chi connectivity index (χ3v) is 6.47. The van der Waals surface area contributed by atoms with Crippen LogP contribution < -0.4 is 10.2 Å². The van der Waals surface area contributed by atoms with Crippen molar-refractivity contribution < 1.29 is 4.79 Å². The molecule has 0 bridgehead atoms. The van der Waals surface area contributed by atoms with Gasteiger partial charge in [-0.05, 0) is 24.7 Å². The minimum Gasteiger partial charge on any atom is -0.369 e. The maximum absolute atomic E-state index is 12.7. The van der Waals surface area contributed by atoms with Gasteiger partial charge in [0, 0.05) is 44.0 Å². The van der Waals surface area contributed by atoms with Gasteiger partial charge in [-0.15, -0.1) is 11.3 Å². The van der Waals surface area contributed by atoms with Crippen LogP contribution in [-0.2, 0) is 6.54 Å². The van der Waals surface area contributed by atoms with Crippen molar-refractivity contribution in [3.8, 4) is 10.6 Å². The van der Waals surface area contributed by atoms with Crippen LogP contribution in [-0.4, -0.2) is 49.0 Å². The van der Waals surface area contributed by atoms with Gasteiger partial charge in [0.05, 0.1) is 11.2 Å². The van der Waals surface area contributed by atoms with E-state index in [1.807, 2.05) is 30.3 Å². The van der Waals surface area contributed by atoms with Gasteiger partial charge >= 0.3 is 0 Å². The zero-order valence-electron chi connectivity index (χ0n) is 16.3. The maximum Gasteiger partial charge on any atom is 0.263 e. The van der Waals surface area contributed by atoms with E-state index in [1.165, 1.54) is 17.0 Å². The third-order valence-electron chi connectivity index (χ3n) is 5.11. The predicted octanol–water partition coefficient (Wildman–Crippen LogP) is 4.15. The minimum absolute atomic E-state index is 0.117. The van der Waals surface area contributed by atoms with E-state index in [2.05, 4.69) is 45.3 Å². The average molecular weight is 427 g/mol. The molecule has 29 heavy (non-hydrogen) atoms. The molecule has 7 heteroatoms. The number of nitrogens with zero attached hydrogens (tertiary/aromatic N) is 3. The molecule has 1 aliphatic rings. The molecule has 4 rings (SSSR count). The normalized spacial score (nSPS) is 14.8. The molecule has 0 spiro atoms. The highest BCUT2D eigenvalue weighted by molar-refractivity contribution is 7.17. The van der Waals surface area contributed by atoms with Crippen LogP contribution in [0.5, 0.6) is 0 Å². The second-order valence-electron chi connectivity index (χ2n) is 7.11. The van der Waals surface area contributed by atoms with E-state index in [-0.39, 0.29) is 5.91 Å². The summed E-state index contributed by atoms with van der Waals surface area (Å²) in [4.78, 5) is 22.4. The fourth-order valence-electron chi connectivity index (χ4n) is 3.42. The summed E-state index contributed by atoms with van der Waals surface area (Å²) in [5.41, 5.74) is 3.17. The number of nitrogens with one attached hydrogen (secondary N) is 1. The average Bonchev–Trinajstić information content (AvgIpc) is 3.23. The van der Waals surface area contributed by atoms with Crippen molar-refractivity contribution in [3.05, 3.63) is 70.2 Å². The number of carbonyl (C=O) groups excluding carboxylic acids is 1. The fourth-order valence-corrected chi connectivity index (χ4v) is 4.57. The van der Waals surface area contributed by atoms with E-state index in [1.54, 1.807) is 6.20 Å². The smallest absolute Gasteiger partial charge is 0.263 e. The lowest BCUT2D eigenvalue weighted by molar-refractivity contribution is 0.0955. The molecule has 5 nitrogen and oxygen atoms in total. The summed E-state index contributed by atoms with van der Waals surface area (Å²) in [6, 6.07) is 15.8. The standard InChI is InChI=1S/C22H23ClN4OS/c1-26-10-12-27(13-11-26)19-9-5-2-6-16(19)14-24-21(28)20-15-25-22(29-20)17-7-3-4-8-18(17)23/h2-9,15H,10-14H2,1H3,(H,24,28). The lowest BCUT2D eigenvalue weighted by Crippen LogP contribution is -2.45. The number of para-hydroxylation sites is 1. The highest BCUT2D eigenvalue weighted by Crippen LogP contribution is 2.31. The summed E-state index contributed by atoms with van der Waals surface area (Å²) in [6.07, 6.45) is 1.62. The Labute approximate surface area is 179 Å². The molecule has 1 aromatic heterocycles. The van der Waals surface area contributed by atoms with Crippen LogP contribution in [0.15, 0.2) is 54.7 Å². The highest BCUT2D eigenvalue weighted by Gasteiger charge is 2.18.